The molecule has 2 rings (SSSR count). The van der Waals surface area contributed by atoms with Crippen molar-refractivity contribution in [3.63, 3.8) is 0 Å². The van der Waals surface area contributed by atoms with Gasteiger partial charge in [-0.2, -0.15) is 0 Å². The van der Waals surface area contributed by atoms with Crippen LogP contribution in [0.25, 0.3) is 0 Å². The first-order valence-corrected chi connectivity index (χ1v) is 7.07. The van der Waals surface area contributed by atoms with Gasteiger partial charge in [-0.15, -0.1) is 13.2 Å². The number of likely N-dealkylation sites (tertiary alicyclic amines) is 1. The van der Waals surface area contributed by atoms with Gasteiger partial charge >= 0.3 is 6.36 Å². The molecule has 1 saturated heterocycles. The number of hydrogen-bond donors (Lipinski definition) is 1. The Morgan fingerprint density at radius 2 is 2.10 bits per heavy atom. The average molecular weight is 303 g/mol. The summed E-state index contributed by atoms with van der Waals surface area (Å²) in [6, 6.07) is 6.43. The molecule has 2 atom stereocenters. The fourth-order valence-corrected chi connectivity index (χ4v) is 2.71. The zero-order valence-electron chi connectivity index (χ0n) is 11.9. The molecule has 21 heavy (non-hydrogen) atoms. The summed E-state index contributed by atoms with van der Waals surface area (Å²) in [5.74, 6) is 0.0548. The molecule has 3 nitrogen and oxygen atoms in total. The zero-order valence-corrected chi connectivity index (χ0v) is 11.9. The van der Waals surface area contributed by atoms with Gasteiger partial charge in [-0.3, -0.25) is 4.90 Å². The lowest BCUT2D eigenvalue weighted by Crippen LogP contribution is -2.42. The average Bonchev–Trinajstić information content (AvgIpc) is 2.40. The lowest BCUT2D eigenvalue weighted by Gasteiger charge is -2.37. The maximum Gasteiger partial charge on any atom is 0.573 e. The fraction of sp³-hybridized carbons (Fsp3) is 0.600. The van der Waals surface area contributed by atoms with Gasteiger partial charge in [0.15, 0.2) is 0 Å². The quantitative estimate of drug-likeness (QED) is 0.927. The monoisotopic (exact) mass is 303 g/mol. The molecule has 1 aromatic rings. The summed E-state index contributed by atoms with van der Waals surface area (Å²) in [7, 11) is 0. The second-order valence-corrected chi connectivity index (χ2v) is 5.60. The number of aliphatic hydroxyl groups excluding tert-OH is 1. The van der Waals surface area contributed by atoms with Crippen LogP contribution in [0.15, 0.2) is 24.3 Å². The highest BCUT2D eigenvalue weighted by Crippen LogP contribution is 2.26. The number of halogens is 3. The smallest absolute Gasteiger partial charge is 0.406 e. The molecule has 0 amide bonds. The minimum Gasteiger partial charge on any atom is -0.406 e. The first kappa shape index (κ1) is 16.1. The SMILES string of the molecule is CC1CCC(CO)CN1Cc1cccc(OC(F)(F)F)c1. The minimum absolute atomic E-state index is 0.153. The zero-order chi connectivity index (χ0) is 15.5. The van der Waals surface area contributed by atoms with E-state index in [0.717, 1.165) is 24.9 Å². The number of alkyl halides is 3. The van der Waals surface area contributed by atoms with E-state index in [1.807, 2.05) is 0 Å². The molecule has 6 heteroatoms. The molecule has 2 unspecified atom stereocenters. The normalized spacial score (nSPS) is 24.0. The maximum atomic E-state index is 12.2. The Bertz CT molecular complexity index is 464. The van der Waals surface area contributed by atoms with E-state index in [9.17, 15) is 18.3 Å². The Labute approximate surface area is 122 Å². The molecule has 1 N–H and O–H groups in total. The van der Waals surface area contributed by atoms with Crippen molar-refractivity contribution < 1.29 is 23.0 Å². The summed E-state index contributed by atoms with van der Waals surface area (Å²) >= 11 is 0. The third kappa shape index (κ3) is 4.89. The number of ether oxygens (including phenoxy) is 1. The maximum absolute atomic E-state index is 12.2. The lowest BCUT2D eigenvalue weighted by molar-refractivity contribution is -0.274. The van der Waals surface area contributed by atoms with E-state index in [1.54, 1.807) is 12.1 Å². The van der Waals surface area contributed by atoms with Crippen molar-refractivity contribution in [2.75, 3.05) is 13.2 Å². The summed E-state index contributed by atoms with van der Waals surface area (Å²) in [6.07, 6.45) is -2.69. The number of piperidine rings is 1. The summed E-state index contributed by atoms with van der Waals surface area (Å²) in [5.41, 5.74) is 0.780. The third-order valence-electron chi connectivity index (χ3n) is 3.88. The summed E-state index contributed by atoms with van der Waals surface area (Å²) in [6.45, 7) is 3.58. The van der Waals surface area contributed by atoms with Crippen LogP contribution in [0, 0.1) is 5.92 Å². The highest BCUT2D eigenvalue weighted by atomic mass is 19.4. The molecule has 0 radical (unpaired) electrons. The molecule has 0 saturated carbocycles. The number of aliphatic hydroxyl groups is 1. The Morgan fingerprint density at radius 3 is 2.76 bits per heavy atom. The van der Waals surface area contributed by atoms with Crippen molar-refractivity contribution in [2.45, 2.75) is 38.7 Å². The van der Waals surface area contributed by atoms with Crippen LogP contribution in [0.3, 0.4) is 0 Å². The number of rotatable bonds is 4. The van der Waals surface area contributed by atoms with E-state index in [-0.39, 0.29) is 18.3 Å². The van der Waals surface area contributed by atoms with Gasteiger partial charge in [0, 0.05) is 25.7 Å². The van der Waals surface area contributed by atoms with Crippen LogP contribution in [0.1, 0.15) is 25.3 Å². The van der Waals surface area contributed by atoms with Crippen LogP contribution in [0.2, 0.25) is 0 Å². The van der Waals surface area contributed by atoms with Crippen molar-refractivity contribution in [3.8, 4) is 5.75 Å². The van der Waals surface area contributed by atoms with Gasteiger partial charge in [0.05, 0.1) is 0 Å². The van der Waals surface area contributed by atoms with E-state index in [4.69, 9.17) is 0 Å². The Balaban J connectivity index is 2.03. The first-order valence-electron chi connectivity index (χ1n) is 7.07. The Morgan fingerprint density at radius 1 is 1.33 bits per heavy atom. The minimum atomic E-state index is -4.67. The highest BCUT2D eigenvalue weighted by molar-refractivity contribution is 5.28. The van der Waals surface area contributed by atoms with Crippen molar-refractivity contribution in [1.29, 1.82) is 0 Å². The fourth-order valence-electron chi connectivity index (χ4n) is 2.71. The van der Waals surface area contributed by atoms with Gasteiger partial charge in [0.2, 0.25) is 0 Å². The molecule has 0 aromatic heterocycles. The van der Waals surface area contributed by atoms with Crippen molar-refractivity contribution in [3.05, 3.63) is 29.8 Å². The lowest BCUT2D eigenvalue weighted by atomic mass is 9.93. The molecular weight excluding hydrogens is 283 g/mol. The van der Waals surface area contributed by atoms with E-state index in [0.29, 0.717) is 12.6 Å². The topological polar surface area (TPSA) is 32.7 Å². The van der Waals surface area contributed by atoms with Gasteiger partial charge in [0.25, 0.3) is 0 Å². The van der Waals surface area contributed by atoms with Gasteiger partial charge < -0.3 is 9.84 Å². The second-order valence-electron chi connectivity index (χ2n) is 5.60. The molecule has 1 aliphatic rings. The van der Waals surface area contributed by atoms with Crippen molar-refractivity contribution >= 4 is 0 Å². The molecule has 1 fully saturated rings. The number of hydrogen-bond acceptors (Lipinski definition) is 3. The molecule has 0 spiro atoms. The van der Waals surface area contributed by atoms with Gasteiger partial charge in [-0.25, -0.2) is 0 Å². The van der Waals surface area contributed by atoms with Crippen molar-refractivity contribution in [2.24, 2.45) is 5.92 Å². The van der Waals surface area contributed by atoms with Crippen LogP contribution in [0.4, 0.5) is 13.2 Å². The van der Waals surface area contributed by atoms with Gasteiger partial charge in [-0.1, -0.05) is 12.1 Å². The first-order chi connectivity index (χ1) is 9.87. The standard InChI is InChI=1S/C15H20F3NO2/c1-11-5-6-13(10-20)9-19(11)8-12-3-2-4-14(7-12)21-15(16,17)18/h2-4,7,11,13,20H,5-6,8-10H2,1H3. The molecule has 1 heterocycles. The predicted molar refractivity (Wildman–Crippen MR) is 72.8 cm³/mol. The molecule has 0 bridgehead atoms. The van der Waals surface area contributed by atoms with Crippen molar-refractivity contribution in [1.82, 2.24) is 4.90 Å². The van der Waals surface area contributed by atoms with E-state index in [2.05, 4.69) is 16.6 Å². The molecular formula is C15H20F3NO2. The molecule has 0 aliphatic carbocycles. The van der Waals surface area contributed by atoms with Crippen LogP contribution in [0.5, 0.6) is 5.75 Å². The van der Waals surface area contributed by atoms with E-state index >= 15 is 0 Å². The van der Waals surface area contributed by atoms with Crippen LogP contribution in [-0.2, 0) is 6.54 Å². The van der Waals surface area contributed by atoms with E-state index < -0.39 is 6.36 Å². The van der Waals surface area contributed by atoms with Crippen LogP contribution >= 0.6 is 0 Å². The Kier molecular flexibility index (Phi) is 5.11. The molecule has 118 valence electrons. The predicted octanol–water partition coefficient (Wildman–Crippen LogP) is 3.18. The van der Waals surface area contributed by atoms with Crippen LogP contribution < -0.4 is 4.74 Å². The summed E-state index contributed by atoms with van der Waals surface area (Å²) in [5, 5.41) is 9.26. The second kappa shape index (κ2) is 6.66. The van der Waals surface area contributed by atoms with Gasteiger partial charge in [0.1, 0.15) is 5.75 Å². The van der Waals surface area contributed by atoms with E-state index in [1.165, 1.54) is 12.1 Å². The summed E-state index contributed by atoms with van der Waals surface area (Å²) < 4.78 is 40.6. The number of benzene rings is 1. The molecule has 1 aromatic carbocycles. The Hall–Kier alpha value is -1.27. The van der Waals surface area contributed by atoms with Crippen LogP contribution in [-0.4, -0.2) is 35.6 Å². The molecule has 1 aliphatic heterocycles. The highest BCUT2D eigenvalue weighted by Gasteiger charge is 2.31. The summed E-state index contributed by atoms with van der Waals surface area (Å²) in [4.78, 5) is 2.19. The number of nitrogens with zero attached hydrogens (tertiary/aromatic N) is 1. The van der Waals surface area contributed by atoms with Gasteiger partial charge in [-0.05, 0) is 43.4 Å². The third-order valence-corrected chi connectivity index (χ3v) is 3.88. The largest absolute Gasteiger partial charge is 0.573 e.